The zero-order chi connectivity index (χ0) is 13.8. The molecule has 2 aromatic rings. The van der Waals surface area contributed by atoms with E-state index in [0.717, 1.165) is 17.1 Å². The first-order valence-corrected chi connectivity index (χ1v) is 6.39. The van der Waals surface area contributed by atoms with Gasteiger partial charge in [0.15, 0.2) is 5.82 Å². The average Bonchev–Trinajstić information content (AvgIpc) is 2.85. The number of aromatic amines is 1. The first-order chi connectivity index (χ1) is 9.11. The highest BCUT2D eigenvalue weighted by atomic mass is 16.5. The normalized spacial score (nSPS) is 14.1. The molecule has 5 nitrogen and oxygen atoms in total. The van der Waals surface area contributed by atoms with E-state index in [4.69, 9.17) is 4.74 Å². The second-order valence-electron chi connectivity index (χ2n) is 4.66. The second-order valence-corrected chi connectivity index (χ2v) is 4.66. The molecule has 0 aliphatic carbocycles. The lowest BCUT2D eigenvalue weighted by Crippen LogP contribution is -2.29. The van der Waals surface area contributed by atoms with Crippen LogP contribution in [0.1, 0.15) is 19.7 Å². The Morgan fingerprint density at radius 1 is 1.26 bits per heavy atom. The summed E-state index contributed by atoms with van der Waals surface area (Å²) >= 11 is 0. The summed E-state index contributed by atoms with van der Waals surface area (Å²) in [4.78, 5) is 4.38. The summed E-state index contributed by atoms with van der Waals surface area (Å²) in [5.74, 6) is 1.51. The van der Waals surface area contributed by atoms with Crippen molar-refractivity contribution in [1.29, 1.82) is 0 Å². The van der Waals surface area contributed by atoms with E-state index in [1.165, 1.54) is 0 Å². The minimum absolute atomic E-state index is 0.127. The molecule has 0 saturated heterocycles. The lowest BCUT2D eigenvalue weighted by molar-refractivity contribution is 0.106. The summed E-state index contributed by atoms with van der Waals surface area (Å²) in [6.07, 6.45) is 0.127. The smallest absolute Gasteiger partial charge is 0.183 e. The molecule has 0 bridgehead atoms. The number of H-pyrrole nitrogens is 1. The van der Waals surface area contributed by atoms with E-state index in [9.17, 15) is 0 Å². The highest BCUT2D eigenvalue weighted by molar-refractivity contribution is 5.73. The third kappa shape index (κ3) is 3.12. The van der Waals surface area contributed by atoms with Gasteiger partial charge in [0.25, 0.3) is 0 Å². The summed E-state index contributed by atoms with van der Waals surface area (Å²) in [7, 11) is 1.72. The zero-order valence-electron chi connectivity index (χ0n) is 11.8. The summed E-state index contributed by atoms with van der Waals surface area (Å²) in [5, 5.41) is 10.5. The van der Waals surface area contributed by atoms with Gasteiger partial charge in [-0.2, -0.15) is 5.10 Å². The number of hydrogen-bond acceptors (Lipinski definition) is 4. The molecule has 1 heterocycles. The molecule has 2 rings (SSSR count). The van der Waals surface area contributed by atoms with E-state index in [1.807, 2.05) is 38.1 Å². The molecule has 1 aromatic carbocycles. The molecular formula is C14H20N4O. The van der Waals surface area contributed by atoms with Crippen molar-refractivity contribution in [3.8, 4) is 11.4 Å². The van der Waals surface area contributed by atoms with Gasteiger partial charge in [-0.1, -0.05) is 12.1 Å². The van der Waals surface area contributed by atoms with Crippen molar-refractivity contribution in [1.82, 2.24) is 15.2 Å². The Morgan fingerprint density at radius 2 is 2.00 bits per heavy atom. The highest BCUT2D eigenvalue weighted by Gasteiger charge is 2.14. The number of methoxy groups -OCH3 is 1. The third-order valence-corrected chi connectivity index (χ3v) is 3.22. The summed E-state index contributed by atoms with van der Waals surface area (Å²) < 4.78 is 5.33. The van der Waals surface area contributed by atoms with Gasteiger partial charge < -0.3 is 10.1 Å². The number of benzene rings is 1. The predicted molar refractivity (Wildman–Crippen MR) is 76.1 cm³/mol. The molecule has 0 fully saturated rings. The maximum Gasteiger partial charge on any atom is 0.183 e. The van der Waals surface area contributed by atoms with Crippen LogP contribution < -0.4 is 5.32 Å². The van der Waals surface area contributed by atoms with Gasteiger partial charge in [0.05, 0.1) is 6.10 Å². The van der Waals surface area contributed by atoms with Gasteiger partial charge in [0.2, 0.25) is 0 Å². The van der Waals surface area contributed by atoms with Crippen LogP contribution in [-0.2, 0) is 4.74 Å². The molecule has 2 unspecified atom stereocenters. The fourth-order valence-corrected chi connectivity index (χ4v) is 1.83. The Morgan fingerprint density at radius 3 is 2.63 bits per heavy atom. The molecule has 19 heavy (non-hydrogen) atoms. The van der Waals surface area contributed by atoms with Crippen molar-refractivity contribution in [3.05, 3.63) is 30.1 Å². The van der Waals surface area contributed by atoms with Crippen LogP contribution in [0.4, 0.5) is 5.69 Å². The lowest BCUT2D eigenvalue weighted by Gasteiger charge is -2.22. The maximum atomic E-state index is 5.33. The van der Waals surface area contributed by atoms with Gasteiger partial charge in [-0.25, -0.2) is 4.98 Å². The van der Waals surface area contributed by atoms with Gasteiger partial charge in [0.1, 0.15) is 5.82 Å². The van der Waals surface area contributed by atoms with Crippen LogP contribution in [0.5, 0.6) is 0 Å². The fourth-order valence-electron chi connectivity index (χ4n) is 1.83. The summed E-state index contributed by atoms with van der Waals surface area (Å²) in [5.41, 5.74) is 2.00. The Balaban J connectivity index is 2.26. The number of hydrogen-bond donors (Lipinski definition) is 2. The molecule has 0 radical (unpaired) electrons. The van der Waals surface area contributed by atoms with Crippen molar-refractivity contribution in [2.45, 2.75) is 32.9 Å². The molecule has 5 heteroatoms. The second kappa shape index (κ2) is 5.84. The molecule has 0 amide bonds. The molecule has 1 aromatic heterocycles. The van der Waals surface area contributed by atoms with Crippen molar-refractivity contribution in [2.75, 3.05) is 12.4 Å². The SMILES string of the molecule is COC(C)C(C)Nc1ccccc1-c1n[nH]c(C)n1. The van der Waals surface area contributed by atoms with E-state index in [2.05, 4.69) is 27.4 Å². The van der Waals surface area contributed by atoms with Crippen LogP contribution in [0.15, 0.2) is 24.3 Å². The van der Waals surface area contributed by atoms with Crippen molar-refractivity contribution in [2.24, 2.45) is 0 Å². The van der Waals surface area contributed by atoms with Gasteiger partial charge in [-0.3, -0.25) is 5.10 Å². The van der Waals surface area contributed by atoms with Crippen LogP contribution in [0.2, 0.25) is 0 Å². The molecule has 2 N–H and O–H groups in total. The van der Waals surface area contributed by atoms with Crippen LogP contribution in [0, 0.1) is 6.92 Å². The molecular weight excluding hydrogens is 240 g/mol. The fraction of sp³-hybridized carbons (Fsp3) is 0.429. The van der Waals surface area contributed by atoms with E-state index in [0.29, 0.717) is 5.82 Å². The monoisotopic (exact) mass is 260 g/mol. The number of anilines is 1. The minimum atomic E-state index is 0.127. The van der Waals surface area contributed by atoms with Crippen molar-refractivity contribution >= 4 is 5.69 Å². The lowest BCUT2D eigenvalue weighted by atomic mass is 10.1. The number of para-hydroxylation sites is 1. The number of aryl methyl sites for hydroxylation is 1. The van der Waals surface area contributed by atoms with E-state index >= 15 is 0 Å². The topological polar surface area (TPSA) is 62.8 Å². The first kappa shape index (κ1) is 13.5. The number of nitrogens with one attached hydrogen (secondary N) is 2. The average molecular weight is 260 g/mol. The number of rotatable bonds is 5. The number of ether oxygens (including phenoxy) is 1. The predicted octanol–water partition coefficient (Wildman–Crippen LogP) is 2.62. The molecule has 0 spiro atoms. The minimum Gasteiger partial charge on any atom is -0.380 e. The third-order valence-electron chi connectivity index (χ3n) is 3.22. The molecule has 0 aliphatic heterocycles. The Hall–Kier alpha value is -1.88. The Kier molecular flexibility index (Phi) is 4.16. The molecule has 2 atom stereocenters. The standard InChI is InChI=1S/C14H20N4O/c1-9(10(2)19-4)15-13-8-6-5-7-12(13)14-16-11(3)17-18-14/h5-10,15H,1-4H3,(H,16,17,18). The van der Waals surface area contributed by atoms with E-state index < -0.39 is 0 Å². The van der Waals surface area contributed by atoms with Crippen LogP contribution in [-0.4, -0.2) is 34.4 Å². The summed E-state index contributed by atoms with van der Waals surface area (Å²) in [6.45, 7) is 6.02. The maximum absolute atomic E-state index is 5.33. The van der Waals surface area contributed by atoms with Gasteiger partial charge in [-0.05, 0) is 32.9 Å². The molecule has 102 valence electrons. The van der Waals surface area contributed by atoms with Gasteiger partial charge >= 0.3 is 0 Å². The van der Waals surface area contributed by atoms with Crippen LogP contribution in [0.25, 0.3) is 11.4 Å². The largest absolute Gasteiger partial charge is 0.380 e. The van der Waals surface area contributed by atoms with E-state index in [-0.39, 0.29) is 12.1 Å². The molecule has 0 saturated carbocycles. The van der Waals surface area contributed by atoms with Crippen LogP contribution in [0.3, 0.4) is 0 Å². The summed E-state index contributed by atoms with van der Waals surface area (Å²) in [6, 6.07) is 8.22. The van der Waals surface area contributed by atoms with E-state index in [1.54, 1.807) is 7.11 Å². The first-order valence-electron chi connectivity index (χ1n) is 6.39. The number of aromatic nitrogens is 3. The number of nitrogens with zero attached hydrogens (tertiary/aromatic N) is 2. The van der Waals surface area contributed by atoms with Crippen molar-refractivity contribution in [3.63, 3.8) is 0 Å². The van der Waals surface area contributed by atoms with Gasteiger partial charge in [-0.15, -0.1) is 0 Å². The zero-order valence-corrected chi connectivity index (χ0v) is 11.8. The van der Waals surface area contributed by atoms with Crippen LogP contribution >= 0.6 is 0 Å². The highest BCUT2D eigenvalue weighted by Crippen LogP contribution is 2.25. The Bertz CT molecular complexity index is 538. The van der Waals surface area contributed by atoms with Gasteiger partial charge in [0, 0.05) is 24.4 Å². The van der Waals surface area contributed by atoms with Crippen molar-refractivity contribution < 1.29 is 4.74 Å². The Labute approximate surface area is 113 Å². The molecule has 0 aliphatic rings. The quantitative estimate of drug-likeness (QED) is 0.867.